The standard InChI is InChI=1S/C17H13NO2/c1-13(19)17(20)18-16-11-9-15(10-12-16)8-7-14-5-3-2-4-6-14/h2-6,9-12H,1H3,(H,18,20). The Morgan fingerprint density at radius 2 is 1.40 bits per heavy atom. The number of carbonyl (C=O) groups is 2. The number of carbonyl (C=O) groups excluding carboxylic acids is 2. The zero-order chi connectivity index (χ0) is 14.4. The average molecular weight is 263 g/mol. The lowest BCUT2D eigenvalue weighted by Crippen LogP contribution is -2.19. The highest BCUT2D eigenvalue weighted by Crippen LogP contribution is 2.09. The summed E-state index contributed by atoms with van der Waals surface area (Å²) < 4.78 is 0. The van der Waals surface area contributed by atoms with Crippen LogP contribution in [0.5, 0.6) is 0 Å². The number of anilines is 1. The van der Waals surface area contributed by atoms with Gasteiger partial charge in [0.25, 0.3) is 5.91 Å². The Bertz CT molecular complexity index is 676. The lowest BCUT2D eigenvalue weighted by Gasteiger charge is -2.01. The van der Waals surface area contributed by atoms with Crippen molar-refractivity contribution < 1.29 is 9.59 Å². The van der Waals surface area contributed by atoms with Crippen LogP contribution in [-0.4, -0.2) is 11.7 Å². The van der Waals surface area contributed by atoms with Crippen LogP contribution in [0.3, 0.4) is 0 Å². The number of hydrogen-bond acceptors (Lipinski definition) is 2. The molecule has 3 heteroatoms. The molecule has 0 aliphatic carbocycles. The van der Waals surface area contributed by atoms with Crippen molar-refractivity contribution in [3.63, 3.8) is 0 Å². The van der Waals surface area contributed by atoms with Crippen LogP contribution in [-0.2, 0) is 9.59 Å². The number of hydrogen-bond donors (Lipinski definition) is 1. The molecule has 0 aromatic heterocycles. The van der Waals surface area contributed by atoms with E-state index in [0.717, 1.165) is 11.1 Å². The third-order valence-corrected chi connectivity index (χ3v) is 2.59. The van der Waals surface area contributed by atoms with Crippen LogP contribution in [0.25, 0.3) is 0 Å². The van der Waals surface area contributed by atoms with Crippen LogP contribution in [0.1, 0.15) is 18.1 Å². The minimum Gasteiger partial charge on any atom is -0.319 e. The number of nitrogens with one attached hydrogen (secondary N) is 1. The van der Waals surface area contributed by atoms with Crippen LogP contribution in [0.2, 0.25) is 0 Å². The van der Waals surface area contributed by atoms with Crippen LogP contribution in [0.4, 0.5) is 5.69 Å². The van der Waals surface area contributed by atoms with Crippen LogP contribution in [0.15, 0.2) is 54.6 Å². The minimum absolute atomic E-state index is 0.516. The zero-order valence-electron chi connectivity index (χ0n) is 11.0. The van der Waals surface area contributed by atoms with Crippen LogP contribution in [0, 0.1) is 11.8 Å². The predicted molar refractivity (Wildman–Crippen MR) is 78.2 cm³/mol. The molecule has 0 bridgehead atoms. The van der Waals surface area contributed by atoms with Gasteiger partial charge in [-0.3, -0.25) is 9.59 Å². The fourth-order valence-corrected chi connectivity index (χ4v) is 1.52. The molecule has 0 saturated heterocycles. The molecule has 3 nitrogen and oxygen atoms in total. The Hall–Kier alpha value is -2.86. The lowest BCUT2D eigenvalue weighted by atomic mass is 10.1. The van der Waals surface area contributed by atoms with Gasteiger partial charge in [-0.2, -0.15) is 0 Å². The summed E-state index contributed by atoms with van der Waals surface area (Å²) >= 11 is 0. The van der Waals surface area contributed by atoms with E-state index in [9.17, 15) is 9.59 Å². The number of ketones is 1. The van der Waals surface area contributed by atoms with Gasteiger partial charge in [-0.15, -0.1) is 0 Å². The summed E-state index contributed by atoms with van der Waals surface area (Å²) in [6, 6.07) is 16.7. The molecule has 0 fully saturated rings. The smallest absolute Gasteiger partial charge is 0.291 e. The molecule has 2 aromatic carbocycles. The topological polar surface area (TPSA) is 46.2 Å². The maximum Gasteiger partial charge on any atom is 0.291 e. The second kappa shape index (κ2) is 6.35. The van der Waals surface area contributed by atoms with Gasteiger partial charge in [-0.1, -0.05) is 30.0 Å². The van der Waals surface area contributed by atoms with E-state index < -0.39 is 11.7 Å². The molecule has 0 saturated carbocycles. The molecule has 98 valence electrons. The van der Waals surface area contributed by atoms with E-state index in [1.54, 1.807) is 24.3 Å². The van der Waals surface area contributed by atoms with Gasteiger partial charge in [0.2, 0.25) is 5.78 Å². The first-order valence-electron chi connectivity index (χ1n) is 6.14. The Morgan fingerprint density at radius 1 is 0.850 bits per heavy atom. The highest BCUT2D eigenvalue weighted by Gasteiger charge is 2.06. The summed E-state index contributed by atoms with van der Waals surface area (Å²) in [5.41, 5.74) is 2.37. The SMILES string of the molecule is CC(=O)C(=O)Nc1ccc(C#Cc2ccccc2)cc1. The molecule has 0 radical (unpaired) electrons. The Kier molecular flexibility index (Phi) is 4.31. The molecule has 2 rings (SSSR count). The molecule has 0 unspecified atom stereocenters. The summed E-state index contributed by atoms with van der Waals surface area (Å²) in [5, 5.41) is 2.51. The van der Waals surface area contributed by atoms with Crippen molar-refractivity contribution in [2.45, 2.75) is 6.92 Å². The van der Waals surface area contributed by atoms with Crippen molar-refractivity contribution in [1.82, 2.24) is 0 Å². The predicted octanol–water partition coefficient (Wildman–Crippen LogP) is 2.61. The van der Waals surface area contributed by atoms with Gasteiger partial charge in [-0.25, -0.2) is 0 Å². The maximum absolute atomic E-state index is 11.2. The molecule has 0 spiro atoms. The van der Waals surface area contributed by atoms with Crippen molar-refractivity contribution >= 4 is 17.4 Å². The van der Waals surface area contributed by atoms with E-state index in [1.165, 1.54) is 6.92 Å². The second-order valence-corrected chi connectivity index (χ2v) is 4.20. The molecule has 0 heterocycles. The highest BCUT2D eigenvalue weighted by atomic mass is 16.2. The monoisotopic (exact) mass is 263 g/mol. The summed E-state index contributed by atoms with van der Waals surface area (Å²) in [6.45, 7) is 1.23. The first-order chi connectivity index (χ1) is 9.65. The van der Waals surface area contributed by atoms with Gasteiger partial charge in [0.1, 0.15) is 0 Å². The lowest BCUT2D eigenvalue weighted by molar-refractivity contribution is -0.133. The van der Waals surface area contributed by atoms with Gasteiger partial charge in [0, 0.05) is 23.7 Å². The minimum atomic E-state index is -0.617. The second-order valence-electron chi connectivity index (χ2n) is 4.20. The summed E-state index contributed by atoms with van der Waals surface area (Å²) in [7, 11) is 0. The summed E-state index contributed by atoms with van der Waals surface area (Å²) in [5.74, 6) is 4.95. The average Bonchev–Trinajstić information content (AvgIpc) is 2.47. The van der Waals surface area contributed by atoms with Crippen molar-refractivity contribution in [1.29, 1.82) is 0 Å². The number of amides is 1. The summed E-state index contributed by atoms with van der Waals surface area (Å²) in [6.07, 6.45) is 0. The van der Waals surface area contributed by atoms with Crippen molar-refractivity contribution in [3.8, 4) is 11.8 Å². The van der Waals surface area contributed by atoms with Crippen LogP contribution >= 0.6 is 0 Å². The third kappa shape index (κ3) is 3.82. The fourth-order valence-electron chi connectivity index (χ4n) is 1.52. The Morgan fingerprint density at radius 3 is 1.95 bits per heavy atom. The quantitative estimate of drug-likeness (QED) is 0.668. The number of benzene rings is 2. The van der Waals surface area contributed by atoms with E-state index in [4.69, 9.17) is 0 Å². The molecular formula is C17H13NO2. The van der Waals surface area contributed by atoms with E-state index >= 15 is 0 Å². The first kappa shape index (κ1) is 13.6. The third-order valence-electron chi connectivity index (χ3n) is 2.59. The number of Topliss-reactive ketones (excluding diaryl/α,β-unsaturated/α-hetero) is 1. The summed E-state index contributed by atoms with van der Waals surface area (Å²) in [4.78, 5) is 22.1. The van der Waals surface area contributed by atoms with Gasteiger partial charge < -0.3 is 5.32 Å². The molecule has 0 aliphatic rings. The maximum atomic E-state index is 11.2. The van der Waals surface area contributed by atoms with E-state index in [1.807, 2.05) is 30.3 Å². The largest absolute Gasteiger partial charge is 0.319 e. The molecule has 20 heavy (non-hydrogen) atoms. The Balaban J connectivity index is 2.08. The molecule has 1 amide bonds. The van der Waals surface area contributed by atoms with Gasteiger partial charge in [0.05, 0.1) is 0 Å². The van der Waals surface area contributed by atoms with Gasteiger partial charge in [-0.05, 0) is 36.4 Å². The molecule has 0 aliphatic heterocycles. The zero-order valence-corrected chi connectivity index (χ0v) is 11.0. The van der Waals surface area contributed by atoms with Crippen molar-refractivity contribution in [2.75, 3.05) is 5.32 Å². The Labute approximate surface area is 117 Å². The molecule has 0 atom stereocenters. The van der Waals surface area contributed by atoms with Gasteiger partial charge in [0.15, 0.2) is 0 Å². The van der Waals surface area contributed by atoms with Crippen LogP contribution < -0.4 is 5.32 Å². The fraction of sp³-hybridized carbons (Fsp3) is 0.0588. The molecular weight excluding hydrogens is 250 g/mol. The van der Waals surface area contributed by atoms with Crippen molar-refractivity contribution in [2.24, 2.45) is 0 Å². The molecule has 1 N–H and O–H groups in total. The van der Waals surface area contributed by atoms with E-state index in [0.29, 0.717) is 5.69 Å². The van der Waals surface area contributed by atoms with Crippen molar-refractivity contribution in [3.05, 3.63) is 65.7 Å². The molecule has 2 aromatic rings. The van der Waals surface area contributed by atoms with Gasteiger partial charge >= 0.3 is 0 Å². The highest BCUT2D eigenvalue weighted by molar-refractivity contribution is 6.39. The van der Waals surface area contributed by atoms with E-state index in [2.05, 4.69) is 17.2 Å². The first-order valence-corrected chi connectivity index (χ1v) is 6.14. The normalized spacial score (nSPS) is 9.25. The number of rotatable bonds is 2. The van der Waals surface area contributed by atoms with E-state index in [-0.39, 0.29) is 0 Å².